The molecule has 1 aliphatic rings. The molecule has 1 N–H and O–H groups in total. The van der Waals surface area contributed by atoms with Gasteiger partial charge in [-0.05, 0) is 47.7 Å². The molecule has 2 aromatic carbocycles. The van der Waals surface area contributed by atoms with E-state index >= 15 is 0 Å². The quantitative estimate of drug-likeness (QED) is 0.749. The summed E-state index contributed by atoms with van der Waals surface area (Å²) in [7, 11) is 0. The van der Waals surface area contributed by atoms with Crippen molar-refractivity contribution in [2.75, 3.05) is 13.1 Å². The molecule has 0 aliphatic carbocycles. The molecule has 27 heavy (non-hydrogen) atoms. The lowest BCUT2D eigenvalue weighted by atomic mass is 9.85. The lowest BCUT2D eigenvalue weighted by molar-refractivity contribution is -0.0279. The highest BCUT2D eigenvalue weighted by atomic mass is 19.1. The Kier molecular flexibility index (Phi) is 5.01. The fourth-order valence-electron chi connectivity index (χ4n) is 3.74. The maximum absolute atomic E-state index is 13.4. The molecule has 0 saturated carbocycles. The maximum Gasteiger partial charge on any atom is 0.123 e. The summed E-state index contributed by atoms with van der Waals surface area (Å²) in [4.78, 5) is 6.50. The molecule has 0 atom stereocenters. The van der Waals surface area contributed by atoms with E-state index in [1.807, 2.05) is 30.3 Å². The third kappa shape index (κ3) is 4.07. The lowest BCUT2D eigenvalue weighted by Gasteiger charge is -2.38. The molecule has 0 radical (unpaired) electrons. The standard InChI is InChI=1S/C23H23FN2O/c24-22-5-1-3-20(15-22)19-8-6-18(7-9-19)17-26-13-10-23(27,11-14-26)21-4-2-12-25-16-21/h1-9,12,15-16,27H,10-11,13-14,17H2. The third-order valence-electron chi connectivity index (χ3n) is 5.40. The van der Waals surface area contributed by atoms with Crippen LogP contribution in [0.5, 0.6) is 0 Å². The molecule has 3 aromatic rings. The molecule has 1 aliphatic heterocycles. The highest BCUT2D eigenvalue weighted by Crippen LogP contribution is 2.32. The largest absolute Gasteiger partial charge is 0.385 e. The SMILES string of the molecule is OC1(c2cccnc2)CCN(Cc2ccc(-c3cccc(F)c3)cc2)CC1. The van der Waals surface area contributed by atoms with Gasteiger partial charge in [-0.25, -0.2) is 4.39 Å². The van der Waals surface area contributed by atoms with Gasteiger partial charge in [0, 0.05) is 37.6 Å². The fraction of sp³-hybridized carbons (Fsp3) is 0.261. The minimum absolute atomic E-state index is 0.217. The summed E-state index contributed by atoms with van der Waals surface area (Å²) < 4.78 is 13.4. The van der Waals surface area contributed by atoms with Crippen LogP contribution in [0.15, 0.2) is 73.1 Å². The van der Waals surface area contributed by atoms with E-state index in [4.69, 9.17) is 0 Å². The Labute approximate surface area is 159 Å². The average Bonchev–Trinajstić information content (AvgIpc) is 2.71. The number of hydrogen-bond donors (Lipinski definition) is 1. The molecule has 4 rings (SSSR count). The van der Waals surface area contributed by atoms with Crippen molar-refractivity contribution in [3.05, 3.63) is 90.0 Å². The van der Waals surface area contributed by atoms with Crippen molar-refractivity contribution in [3.63, 3.8) is 0 Å². The van der Waals surface area contributed by atoms with Crippen LogP contribution in [0.2, 0.25) is 0 Å². The second kappa shape index (κ2) is 7.59. The third-order valence-corrected chi connectivity index (χ3v) is 5.40. The van der Waals surface area contributed by atoms with E-state index < -0.39 is 5.60 Å². The van der Waals surface area contributed by atoms with Crippen molar-refractivity contribution >= 4 is 0 Å². The molecular weight excluding hydrogens is 339 g/mol. The average molecular weight is 362 g/mol. The molecule has 138 valence electrons. The van der Waals surface area contributed by atoms with Crippen molar-refractivity contribution < 1.29 is 9.50 Å². The van der Waals surface area contributed by atoms with Crippen molar-refractivity contribution in [1.29, 1.82) is 0 Å². The molecular formula is C23H23FN2O. The molecule has 3 nitrogen and oxygen atoms in total. The highest BCUT2D eigenvalue weighted by Gasteiger charge is 2.33. The molecule has 0 spiro atoms. The zero-order valence-electron chi connectivity index (χ0n) is 15.2. The number of nitrogens with zero attached hydrogens (tertiary/aromatic N) is 2. The Hall–Kier alpha value is -2.56. The van der Waals surface area contributed by atoms with Gasteiger partial charge in [-0.1, -0.05) is 42.5 Å². The summed E-state index contributed by atoms with van der Waals surface area (Å²) in [5.41, 5.74) is 3.27. The van der Waals surface area contributed by atoms with Crippen LogP contribution in [-0.4, -0.2) is 28.1 Å². The molecule has 2 heterocycles. The number of piperidine rings is 1. The summed E-state index contributed by atoms with van der Waals surface area (Å²) in [5, 5.41) is 10.9. The number of benzene rings is 2. The molecule has 0 unspecified atom stereocenters. The minimum atomic E-state index is -0.772. The number of aliphatic hydroxyl groups is 1. The normalized spacial score (nSPS) is 17.0. The van der Waals surface area contributed by atoms with E-state index in [1.54, 1.807) is 24.5 Å². The van der Waals surface area contributed by atoms with Gasteiger partial charge < -0.3 is 5.11 Å². The Bertz CT molecular complexity index is 888. The predicted octanol–water partition coefficient (Wildman–Crippen LogP) is 4.37. The van der Waals surface area contributed by atoms with Gasteiger partial charge in [0.15, 0.2) is 0 Å². The number of rotatable bonds is 4. The summed E-state index contributed by atoms with van der Waals surface area (Å²) in [6.45, 7) is 2.54. The van der Waals surface area contributed by atoms with E-state index in [0.29, 0.717) is 12.8 Å². The van der Waals surface area contributed by atoms with Gasteiger partial charge >= 0.3 is 0 Å². The van der Waals surface area contributed by atoms with Gasteiger partial charge in [-0.3, -0.25) is 9.88 Å². The van der Waals surface area contributed by atoms with Crippen LogP contribution in [0.4, 0.5) is 4.39 Å². The van der Waals surface area contributed by atoms with Crippen LogP contribution in [0.1, 0.15) is 24.0 Å². The molecule has 1 fully saturated rings. The number of hydrogen-bond acceptors (Lipinski definition) is 3. The van der Waals surface area contributed by atoms with E-state index in [1.165, 1.54) is 11.6 Å². The summed E-state index contributed by atoms with van der Waals surface area (Å²) in [6.07, 6.45) is 4.91. The monoisotopic (exact) mass is 362 g/mol. The van der Waals surface area contributed by atoms with Gasteiger partial charge in [0.25, 0.3) is 0 Å². The first-order valence-corrected chi connectivity index (χ1v) is 9.33. The number of halogens is 1. The van der Waals surface area contributed by atoms with Gasteiger partial charge in [0.2, 0.25) is 0 Å². The first-order chi connectivity index (χ1) is 13.1. The zero-order chi connectivity index (χ0) is 18.7. The first-order valence-electron chi connectivity index (χ1n) is 9.33. The second-order valence-electron chi connectivity index (χ2n) is 7.26. The number of aromatic nitrogens is 1. The smallest absolute Gasteiger partial charge is 0.123 e. The molecule has 1 aromatic heterocycles. The van der Waals surface area contributed by atoms with E-state index in [2.05, 4.69) is 22.0 Å². The van der Waals surface area contributed by atoms with E-state index in [0.717, 1.165) is 36.3 Å². The van der Waals surface area contributed by atoms with Crippen LogP contribution in [-0.2, 0) is 12.1 Å². The van der Waals surface area contributed by atoms with Crippen LogP contribution in [0, 0.1) is 5.82 Å². The fourth-order valence-corrected chi connectivity index (χ4v) is 3.74. The predicted molar refractivity (Wildman–Crippen MR) is 104 cm³/mol. The Morgan fingerprint density at radius 2 is 1.74 bits per heavy atom. The lowest BCUT2D eigenvalue weighted by Crippen LogP contribution is -2.42. The van der Waals surface area contributed by atoms with E-state index in [-0.39, 0.29) is 5.82 Å². The van der Waals surface area contributed by atoms with Gasteiger partial charge in [0.05, 0.1) is 5.60 Å². The van der Waals surface area contributed by atoms with Gasteiger partial charge in [0.1, 0.15) is 5.82 Å². The van der Waals surface area contributed by atoms with Crippen molar-refractivity contribution in [2.45, 2.75) is 25.0 Å². The Morgan fingerprint density at radius 1 is 0.963 bits per heavy atom. The Balaban J connectivity index is 1.38. The highest BCUT2D eigenvalue weighted by molar-refractivity contribution is 5.63. The molecule has 0 bridgehead atoms. The van der Waals surface area contributed by atoms with Crippen LogP contribution >= 0.6 is 0 Å². The second-order valence-corrected chi connectivity index (χ2v) is 7.26. The minimum Gasteiger partial charge on any atom is -0.385 e. The summed E-state index contributed by atoms with van der Waals surface area (Å²) in [6, 6.07) is 18.8. The van der Waals surface area contributed by atoms with Crippen LogP contribution < -0.4 is 0 Å². The number of likely N-dealkylation sites (tertiary alicyclic amines) is 1. The van der Waals surface area contributed by atoms with Gasteiger partial charge in [-0.15, -0.1) is 0 Å². The maximum atomic E-state index is 13.4. The molecule has 1 saturated heterocycles. The topological polar surface area (TPSA) is 36.4 Å². The molecule has 4 heteroatoms. The first kappa shape index (κ1) is 17.8. The van der Waals surface area contributed by atoms with E-state index in [9.17, 15) is 9.50 Å². The van der Waals surface area contributed by atoms with Crippen molar-refractivity contribution in [3.8, 4) is 11.1 Å². The van der Waals surface area contributed by atoms with Crippen molar-refractivity contribution in [2.24, 2.45) is 0 Å². The summed E-state index contributed by atoms with van der Waals surface area (Å²) >= 11 is 0. The molecule has 0 amide bonds. The summed E-state index contributed by atoms with van der Waals surface area (Å²) in [5.74, 6) is -0.217. The van der Waals surface area contributed by atoms with Gasteiger partial charge in [-0.2, -0.15) is 0 Å². The van der Waals surface area contributed by atoms with Crippen LogP contribution in [0.3, 0.4) is 0 Å². The number of pyridine rings is 1. The van der Waals surface area contributed by atoms with Crippen LogP contribution in [0.25, 0.3) is 11.1 Å². The Morgan fingerprint density at radius 3 is 2.41 bits per heavy atom. The van der Waals surface area contributed by atoms with Crippen molar-refractivity contribution in [1.82, 2.24) is 9.88 Å². The zero-order valence-corrected chi connectivity index (χ0v) is 15.2.